The van der Waals surface area contributed by atoms with E-state index in [4.69, 9.17) is 16.3 Å². The van der Waals surface area contributed by atoms with E-state index in [-0.39, 0.29) is 23.0 Å². The van der Waals surface area contributed by atoms with E-state index in [2.05, 4.69) is 49.4 Å². The van der Waals surface area contributed by atoms with Crippen LogP contribution in [-0.4, -0.2) is 28.0 Å². The fourth-order valence-corrected chi connectivity index (χ4v) is 5.43. The lowest BCUT2D eigenvalue weighted by Gasteiger charge is -2.46. The molecule has 1 aliphatic heterocycles. The van der Waals surface area contributed by atoms with Crippen molar-refractivity contribution < 1.29 is 9.53 Å². The number of nitrogens with one attached hydrogen (secondary N) is 2. The van der Waals surface area contributed by atoms with Crippen molar-refractivity contribution >= 4 is 17.5 Å². The molecule has 0 radical (unpaired) electrons. The van der Waals surface area contributed by atoms with Gasteiger partial charge in [-0.1, -0.05) is 23.7 Å². The number of carbonyl (C=O) groups is 1. The molecule has 1 fully saturated rings. The number of pyridine rings is 1. The number of hydrogen-bond donors (Lipinski definition) is 2. The van der Waals surface area contributed by atoms with Crippen molar-refractivity contribution in [1.82, 2.24) is 15.6 Å². The summed E-state index contributed by atoms with van der Waals surface area (Å²) in [7, 11) is 0. The van der Waals surface area contributed by atoms with Crippen LogP contribution in [0.5, 0.6) is 11.5 Å². The van der Waals surface area contributed by atoms with Crippen molar-refractivity contribution in [3.05, 3.63) is 76.6 Å². The molecule has 1 amide bonds. The molecule has 7 heteroatoms. The smallest absolute Gasteiger partial charge is 0.251 e. The minimum atomic E-state index is -0.173. The average Bonchev–Trinajstić information content (AvgIpc) is 2.78. The van der Waals surface area contributed by atoms with Crippen LogP contribution in [0.15, 0.2) is 54.9 Å². The highest BCUT2D eigenvalue weighted by atomic mass is 35.5. The molecule has 4 rings (SSSR count). The third-order valence-corrected chi connectivity index (χ3v) is 6.56. The number of benzene rings is 2. The Balaban J connectivity index is 1.54. The van der Waals surface area contributed by atoms with Crippen LogP contribution >= 0.6 is 11.6 Å². The van der Waals surface area contributed by atoms with Gasteiger partial charge in [0.15, 0.2) is 0 Å². The van der Waals surface area contributed by atoms with Crippen LogP contribution in [0.4, 0.5) is 0 Å². The number of piperidine rings is 1. The molecule has 186 valence electrons. The van der Waals surface area contributed by atoms with Crippen molar-refractivity contribution in [2.24, 2.45) is 0 Å². The van der Waals surface area contributed by atoms with Crippen LogP contribution in [-0.2, 0) is 0 Å². The number of ether oxygens (including phenoxy) is 1. The molecule has 2 heterocycles. The lowest BCUT2D eigenvalue weighted by molar-refractivity contribution is 0.0873. The van der Waals surface area contributed by atoms with Gasteiger partial charge in [0.1, 0.15) is 23.1 Å². The predicted octanol–water partition coefficient (Wildman–Crippen LogP) is 6.41. The van der Waals surface area contributed by atoms with Crippen molar-refractivity contribution in [1.29, 1.82) is 5.26 Å². The lowest BCUT2D eigenvalue weighted by Crippen LogP contribution is -2.62. The lowest BCUT2D eigenvalue weighted by atomic mass is 9.79. The summed E-state index contributed by atoms with van der Waals surface area (Å²) in [5.41, 5.74) is 3.26. The van der Waals surface area contributed by atoms with E-state index in [0.717, 1.165) is 29.5 Å². The Hall–Kier alpha value is -3.40. The summed E-state index contributed by atoms with van der Waals surface area (Å²) in [4.78, 5) is 17.2. The Labute approximate surface area is 217 Å². The second kappa shape index (κ2) is 9.93. The summed E-state index contributed by atoms with van der Waals surface area (Å²) in [5, 5.41) is 17.0. The van der Waals surface area contributed by atoms with Gasteiger partial charge in [0.05, 0.1) is 5.02 Å². The summed E-state index contributed by atoms with van der Waals surface area (Å²) < 4.78 is 6.05. The molecule has 6 nitrogen and oxygen atoms in total. The van der Waals surface area contributed by atoms with E-state index >= 15 is 0 Å². The molecule has 2 N–H and O–H groups in total. The number of nitrogens with zero attached hydrogens (tertiary/aromatic N) is 2. The van der Waals surface area contributed by atoms with E-state index in [1.165, 1.54) is 0 Å². The first-order valence-electron chi connectivity index (χ1n) is 12.0. The monoisotopic (exact) mass is 502 g/mol. The fourth-order valence-electron chi connectivity index (χ4n) is 5.21. The van der Waals surface area contributed by atoms with Crippen LogP contribution < -0.4 is 15.4 Å². The van der Waals surface area contributed by atoms with Crippen molar-refractivity contribution in [3.8, 4) is 28.7 Å². The molecule has 0 unspecified atom stereocenters. The maximum atomic E-state index is 13.0. The minimum absolute atomic E-state index is 0.0514. The van der Waals surface area contributed by atoms with Crippen LogP contribution in [0.1, 0.15) is 62.0 Å². The summed E-state index contributed by atoms with van der Waals surface area (Å²) in [6, 6.07) is 14.6. The minimum Gasteiger partial charge on any atom is -0.454 e. The van der Waals surface area contributed by atoms with Gasteiger partial charge in [-0.25, -0.2) is 0 Å². The number of halogens is 1. The maximum Gasteiger partial charge on any atom is 0.251 e. The van der Waals surface area contributed by atoms with Crippen LogP contribution in [0.25, 0.3) is 11.1 Å². The Morgan fingerprint density at radius 1 is 1.11 bits per heavy atom. The molecular weight excluding hydrogens is 472 g/mol. The van der Waals surface area contributed by atoms with E-state index < -0.39 is 0 Å². The van der Waals surface area contributed by atoms with Crippen LogP contribution in [0.3, 0.4) is 0 Å². The first-order chi connectivity index (χ1) is 17.0. The number of carbonyl (C=O) groups excluding carboxylic acids is 1. The van der Waals surface area contributed by atoms with Gasteiger partial charge in [0, 0.05) is 46.2 Å². The summed E-state index contributed by atoms with van der Waals surface area (Å²) >= 11 is 6.52. The van der Waals surface area contributed by atoms with Gasteiger partial charge in [-0.3, -0.25) is 9.78 Å². The Kier molecular flexibility index (Phi) is 7.08. The van der Waals surface area contributed by atoms with E-state index in [1.807, 2.05) is 25.1 Å². The molecule has 1 saturated heterocycles. The van der Waals surface area contributed by atoms with Crippen LogP contribution in [0, 0.1) is 18.3 Å². The molecule has 0 bridgehead atoms. The second-order valence-electron chi connectivity index (χ2n) is 10.8. The number of nitriles is 1. The fraction of sp³-hybridized carbons (Fsp3) is 0.345. The molecule has 3 aromatic rings. The maximum absolute atomic E-state index is 13.0. The zero-order valence-corrected chi connectivity index (χ0v) is 22.0. The molecule has 2 aromatic carbocycles. The number of aromatic nitrogens is 1. The van der Waals surface area contributed by atoms with Gasteiger partial charge in [0.2, 0.25) is 0 Å². The first kappa shape index (κ1) is 25.7. The highest BCUT2D eigenvalue weighted by Crippen LogP contribution is 2.36. The summed E-state index contributed by atoms with van der Waals surface area (Å²) in [6.07, 6.45) is 5.15. The zero-order valence-electron chi connectivity index (χ0n) is 21.3. The molecule has 0 saturated carbocycles. The standard InChI is InChI=1S/C29H31ClN4O2/c1-18-11-20(17-32-16-18)22-7-6-8-25(23(22)15-31)36-26-10-9-19(12-24(26)30)27(35)33-21-13-28(2,3)34-29(4,5)14-21/h6-12,16-17,21,34H,13-14H2,1-5H3,(H,33,35). The topological polar surface area (TPSA) is 87.0 Å². The summed E-state index contributed by atoms with van der Waals surface area (Å²) in [5.74, 6) is 0.580. The van der Waals surface area contributed by atoms with E-state index in [1.54, 1.807) is 36.7 Å². The third kappa shape index (κ3) is 5.87. The van der Waals surface area contributed by atoms with Gasteiger partial charge in [-0.2, -0.15) is 5.26 Å². The molecule has 36 heavy (non-hydrogen) atoms. The molecule has 1 aliphatic rings. The third-order valence-electron chi connectivity index (χ3n) is 6.26. The highest BCUT2D eigenvalue weighted by Gasteiger charge is 2.38. The van der Waals surface area contributed by atoms with Crippen LogP contribution in [0.2, 0.25) is 5.02 Å². The quantitative estimate of drug-likeness (QED) is 0.420. The number of aryl methyl sites for hydroxylation is 1. The first-order valence-corrected chi connectivity index (χ1v) is 12.4. The number of amides is 1. The van der Waals surface area contributed by atoms with Crippen molar-refractivity contribution in [3.63, 3.8) is 0 Å². The Morgan fingerprint density at radius 3 is 2.47 bits per heavy atom. The van der Waals surface area contributed by atoms with Gasteiger partial charge in [-0.05, 0) is 83.4 Å². The normalized spacial score (nSPS) is 16.7. The molecule has 1 aromatic heterocycles. The molecule has 0 atom stereocenters. The van der Waals surface area contributed by atoms with Crippen molar-refractivity contribution in [2.45, 2.75) is 64.6 Å². The van der Waals surface area contributed by atoms with Gasteiger partial charge < -0.3 is 15.4 Å². The SMILES string of the molecule is Cc1cncc(-c2cccc(Oc3ccc(C(=O)NC4CC(C)(C)NC(C)(C)C4)cc3Cl)c2C#N)c1. The number of rotatable bonds is 5. The average molecular weight is 503 g/mol. The largest absolute Gasteiger partial charge is 0.454 e. The van der Waals surface area contributed by atoms with Gasteiger partial charge >= 0.3 is 0 Å². The Bertz CT molecular complexity index is 1330. The number of hydrogen-bond acceptors (Lipinski definition) is 5. The van der Waals surface area contributed by atoms with E-state index in [9.17, 15) is 10.1 Å². The predicted molar refractivity (Wildman–Crippen MR) is 142 cm³/mol. The summed E-state index contributed by atoms with van der Waals surface area (Å²) in [6.45, 7) is 10.5. The van der Waals surface area contributed by atoms with Gasteiger partial charge in [-0.15, -0.1) is 0 Å². The van der Waals surface area contributed by atoms with Gasteiger partial charge in [0.25, 0.3) is 5.91 Å². The van der Waals surface area contributed by atoms with E-state index in [0.29, 0.717) is 27.6 Å². The molecule has 0 aliphatic carbocycles. The van der Waals surface area contributed by atoms with Crippen molar-refractivity contribution in [2.75, 3.05) is 0 Å². The second-order valence-corrected chi connectivity index (χ2v) is 11.2. The Morgan fingerprint density at radius 2 is 1.83 bits per heavy atom. The molecule has 0 spiro atoms. The highest BCUT2D eigenvalue weighted by molar-refractivity contribution is 6.32. The zero-order chi connectivity index (χ0) is 26.1. The molecular formula is C29H31ClN4O2.